The van der Waals surface area contributed by atoms with Crippen LogP contribution in [0.5, 0.6) is 0 Å². The first kappa shape index (κ1) is 15.9. The van der Waals surface area contributed by atoms with E-state index in [1.54, 1.807) is 10.9 Å². The van der Waals surface area contributed by atoms with E-state index < -0.39 is 0 Å². The minimum Gasteiger partial charge on any atom is -0.378 e. The monoisotopic (exact) mass is 358 g/mol. The van der Waals surface area contributed by atoms with Crippen molar-refractivity contribution in [3.05, 3.63) is 61.1 Å². The van der Waals surface area contributed by atoms with Gasteiger partial charge >= 0.3 is 0 Å². The molecule has 134 valence electrons. The Bertz CT molecular complexity index is 1070. The molecule has 1 aliphatic rings. The highest BCUT2D eigenvalue weighted by Crippen LogP contribution is 2.25. The van der Waals surface area contributed by atoms with Gasteiger partial charge in [0.2, 0.25) is 0 Å². The van der Waals surface area contributed by atoms with Crippen LogP contribution in [0.4, 0.5) is 5.82 Å². The number of morpholine rings is 1. The highest BCUT2D eigenvalue weighted by atomic mass is 16.5. The molecule has 0 spiro atoms. The lowest BCUT2D eigenvalue weighted by Gasteiger charge is -2.28. The highest BCUT2D eigenvalue weighted by Gasteiger charge is 2.18. The molecule has 4 aromatic rings. The molecule has 27 heavy (non-hydrogen) atoms. The van der Waals surface area contributed by atoms with E-state index in [9.17, 15) is 0 Å². The van der Waals surface area contributed by atoms with Gasteiger partial charge in [0.05, 0.1) is 29.8 Å². The van der Waals surface area contributed by atoms with Gasteiger partial charge in [-0.05, 0) is 12.1 Å². The van der Waals surface area contributed by atoms with Gasteiger partial charge in [0.25, 0.3) is 5.95 Å². The first-order chi connectivity index (χ1) is 13.4. The van der Waals surface area contributed by atoms with E-state index in [0.717, 1.165) is 41.1 Å². The van der Waals surface area contributed by atoms with Crippen molar-refractivity contribution in [3.8, 4) is 17.2 Å². The summed E-state index contributed by atoms with van der Waals surface area (Å²) in [5.41, 5.74) is 2.81. The fraction of sp³-hybridized carbons (Fsp3) is 0.200. The second-order valence-corrected chi connectivity index (χ2v) is 6.35. The van der Waals surface area contributed by atoms with Gasteiger partial charge in [-0.1, -0.05) is 30.3 Å². The predicted octanol–water partition coefficient (Wildman–Crippen LogP) is 2.71. The maximum Gasteiger partial charge on any atom is 0.253 e. The molecular formula is C20H18N6O. The van der Waals surface area contributed by atoms with Gasteiger partial charge in [0.1, 0.15) is 5.82 Å². The molecule has 0 N–H and O–H groups in total. The molecule has 1 aliphatic heterocycles. The number of ether oxygens (including phenoxy) is 1. The molecule has 1 saturated heterocycles. The Balaban J connectivity index is 1.60. The third kappa shape index (κ3) is 3.02. The van der Waals surface area contributed by atoms with E-state index >= 15 is 0 Å². The Labute approximate surface area is 156 Å². The van der Waals surface area contributed by atoms with E-state index in [1.807, 2.05) is 54.9 Å². The van der Waals surface area contributed by atoms with Crippen LogP contribution in [0.1, 0.15) is 0 Å². The molecule has 0 atom stereocenters. The summed E-state index contributed by atoms with van der Waals surface area (Å²) >= 11 is 0. The molecule has 0 aliphatic carbocycles. The zero-order valence-electron chi connectivity index (χ0n) is 14.7. The minimum absolute atomic E-state index is 0.553. The van der Waals surface area contributed by atoms with Crippen LogP contribution in [0.15, 0.2) is 61.1 Å². The summed E-state index contributed by atoms with van der Waals surface area (Å²) in [5, 5.41) is 5.62. The van der Waals surface area contributed by atoms with Crippen molar-refractivity contribution in [2.24, 2.45) is 0 Å². The summed E-state index contributed by atoms with van der Waals surface area (Å²) in [7, 11) is 0. The maximum atomic E-state index is 5.48. The summed E-state index contributed by atoms with van der Waals surface area (Å²) in [5.74, 6) is 1.43. The molecular weight excluding hydrogens is 340 g/mol. The summed E-state index contributed by atoms with van der Waals surface area (Å²) < 4.78 is 7.21. The summed E-state index contributed by atoms with van der Waals surface area (Å²) in [4.78, 5) is 16.0. The van der Waals surface area contributed by atoms with Gasteiger partial charge in [0, 0.05) is 37.2 Å². The largest absolute Gasteiger partial charge is 0.378 e. The third-order valence-corrected chi connectivity index (χ3v) is 4.64. The lowest BCUT2D eigenvalue weighted by Crippen LogP contribution is -2.37. The molecule has 5 rings (SSSR count). The molecule has 0 bridgehead atoms. The van der Waals surface area contributed by atoms with Crippen molar-refractivity contribution in [2.75, 3.05) is 31.2 Å². The predicted molar refractivity (Wildman–Crippen MR) is 103 cm³/mol. The van der Waals surface area contributed by atoms with Crippen molar-refractivity contribution in [2.45, 2.75) is 0 Å². The van der Waals surface area contributed by atoms with Crippen LogP contribution in [0.25, 0.3) is 28.1 Å². The van der Waals surface area contributed by atoms with E-state index in [-0.39, 0.29) is 0 Å². The minimum atomic E-state index is 0.553. The molecule has 0 radical (unpaired) electrons. The Hall–Kier alpha value is -3.32. The Kier molecular flexibility index (Phi) is 3.99. The van der Waals surface area contributed by atoms with Crippen LogP contribution in [0.3, 0.4) is 0 Å². The highest BCUT2D eigenvalue weighted by molar-refractivity contribution is 5.89. The first-order valence-electron chi connectivity index (χ1n) is 8.94. The summed E-state index contributed by atoms with van der Waals surface area (Å²) in [6.07, 6.45) is 5.47. The second-order valence-electron chi connectivity index (χ2n) is 6.35. The summed E-state index contributed by atoms with van der Waals surface area (Å²) in [6, 6.07) is 14.0. The van der Waals surface area contributed by atoms with Crippen LogP contribution in [0.2, 0.25) is 0 Å². The maximum absolute atomic E-state index is 5.48. The molecule has 1 aromatic carbocycles. The number of hydrogen-bond acceptors (Lipinski definition) is 6. The van der Waals surface area contributed by atoms with E-state index in [0.29, 0.717) is 19.2 Å². The first-order valence-corrected chi connectivity index (χ1v) is 8.94. The van der Waals surface area contributed by atoms with Crippen molar-refractivity contribution in [3.63, 3.8) is 0 Å². The average molecular weight is 358 g/mol. The molecule has 3 aromatic heterocycles. The topological polar surface area (TPSA) is 69.0 Å². The smallest absolute Gasteiger partial charge is 0.253 e. The number of aromatic nitrogens is 5. The molecule has 0 saturated carbocycles. The number of anilines is 1. The van der Waals surface area contributed by atoms with Crippen LogP contribution < -0.4 is 4.90 Å². The van der Waals surface area contributed by atoms with Gasteiger partial charge in [-0.15, -0.1) is 0 Å². The molecule has 0 unspecified atom stereocenters. The average Bonchev–Trinajstić information content (AvgIpc) is 3.25. The number of hydrogen-bond donors (Lipinski definition) is 0. The van der Waals surface area contributed by atoms with Gasteiger partial charge in [0.15, 0.2) is 0 Å². The zero-order chi connectivity index (χ0) is 18.1. The van der Waals surface area contributed by atoms with Gasteiger partial charge in [-0.3, -0.25) is 4.98 Å². The molecule has 7 nitrogen and oxygen atoms in total. The summed E-state index contributed by atoms with van der Waals surface area (Å²) in [6.45, 7) is 2.99. The Morgan fingerprint density at radius 1 is 0.926 bits per heavy atom. The number of nitrogens with zero attached hydrogens (tertiary/aromatic N) is 6. The second kappa shape index (κ2) is 6.77. The van der Waals surface area contributed by atoms with Crippen molar-refractivity contribution in [1.29, 1.82) is 0 Å². The van der Waals surface area contributed by atoms with E-state index in [4.69, 9.17) is 14.7 Å². The fourth-order valence-electron chi connectivity index (χ4n) is 3.26. The third-order valence-electron chi connectivity index (χ3n) is 4.64. The van der Waals surface area contributed by atoms with E-state index in [2.05, 4.69) is 15.0 Å². The molecule has 7 heteroatoms. The number of benzene rings is 1. The lowest BCUT2D eigenvalue weighted by atomic mass is 10.2. The van der Waals surface area contributed by atoms with Gasteiger partial charge in [-0.25, -0.2) is 9.67 Å². The lowest BCUT2D eigenvalue weighted by molar-refractivity contribution is 0.122. The molecule has 1 fully saturated rings. The quantitative estimate of drug-likeness (QED) is 0.561. The zero-order valence-corrected chi connectivity index (χ0v) is 14.7. The normalized spacial score (nSPS) is 14.6. The SMILES string of the molecule is c1ccc(-c2ccn(-c3nc(N4CCOCC4)c4cnccc4n3)n2)cc1. The van der Waals surface area contributed by atoms with Crippen LogP contribution in [0, 0.1) is 0 Å². The Morgan fingerprint density at radius 2 is 1.78 bits per heavy atom. The number of pyridine rings is 1. The Morgan fingerprint density at radius 3 is 2.63 bits per heavy atom. The van der Waals surface area contributed by atoms with Crippen molar-refractivity contribution >= 4 is 16.7 Å². The number of rotatable bonds is 3. The number of fused-ring (bicyclic) bond motifs is 1. The van der Waals surface area contributed by atoms with Gasteiger partial charge in [-0.2, -0.15) is 10.1 Å². The van der Waals surface area contributed by atoms with Gasteiger partial charge < -0.3 is 9.64 Å². The van der Waals surface area contributed by atoms with Crippen molar-refractivity contribution in [1.82, 2.24) is 24.7 Å². The molecule has 0 amide bonds. The van der Waals surface area contributed by atoms with Crippen molar-refractivity contribution < 1.29 is 4.74 Å². The van der Waals surface area contributed by atoms with E-state index in [1.165, 1.54) is 0 Å². The van der Waals surface area contributed by atoms with Crippen LogP contribution in [-0.4, -0.2) is 51.0 Å². The van der Waals surface area contributed by atoms with Crippen LogP contribution >= 0.6 is 0 Å². The fourth-order valence-corrected chi connectivity index (χ4v) is 3.26. The molecule has 4 heterocycles. The standard InChI is InChI=1S/C20H18N6O/c1-2-4-15(5-3-1)17-7-9-26(24-17)20-22-18-6-8-21-14-16(18)19(23-20)25-10-12-27-13-11-25/h1-9,14H,10-13H2. The van der Waals surface area contributed by atoms with Crippen LogP contribution in [-0.2, 0) is 4.74 Å².